The van der Waals surface area contributed by atoms with E-state index < -0.39 is 24.9 Å². The van der Waals surface area contributed by atoms with Crippen LogP contribution in [-0.2, 0) is 27.3 Å². The van der Waals surface area contributed by atoms with Crippen LogP contribution in [0.25, 0.3) is 10.2 Å². The fourth-order valence-corrected chi connectivity index (χ4v) is 4.94. The van der Waals surface area contributed by atoms with Crippen LogP contribution in [0.1, 0.15) is 16.7 Å². The van der Waals surface area contributed by atoms with Gasteiger partial charge in [0.05, 0.1) is 16.8 Å². The molecule has 0 amide bonds. The van der Waals surface area contributed by atoms with Crippen LogP contribution in [0, 0.1) is 0 Å². The molecule has 0 bridgehead atoms. The van der Waals surface area contributed by atoms with Crippen LogP contribution in [-0.4, -0.2) is 54.0 Å². The van der Waals surface area contributed by atoms with E-state index in [1.165, 1.54) is 7.11 Å². The molecule has 1 atom stereocenters. The second-order valence-corrected chi connectivity index (χ2v) is 9.63. The number of carboxylic acids is 1. The van der Waals surface area contributed by atoms with Gasteiger partial charge in [0.25, 0.3) is 0 Å². The monoisotopic (exact) mass is 574 g/mol. The Labute approximate surface area is 230 Å². The number of fused-ring (bicyclic) bond motifs is 1. The summed E-state index contributed by atoms with van der Waals surface area (Å²) < 4.78 is 49.8. The van der Waals surface area contributed by atoms with E-state index >= 15 is 0 Å². The lowest BCUT2D eigenvalue weighted by atomic mass is 10.0. The summed E-state index contributed by atoms with van der Waals surface area (Å²) in [5.41, 5.74) is 3.55. The Hall–Kier alpha value is -4.16. The zero-order valence-electron chi connectivity index (χ0n) is 21.3. The summed E-state index contributed by atoms with van der Waals surface area (Å²) in [6.45, 7) is -1.18. The van der Waals surface area contributed by atoms with Gasteiger partial charge in [0, 0.05) is 17.5 Å². The fourth-order valence-electron chi connectivity index (χ4n) is 3.99. The first-order valence-corrected chi connectivity index (χ1v) is 12.9. The largest absolute Gasteiger partial charge is 0.492 e. The zero-order chi connectivity index (χ0) is 28.7. The van der Waals surface area contributed by atoms with Crippen molar-refractivity contribution in [2.45, 2.75) is 25.2 Å². The number of oxime groups is 1. The minimum absolute atomic E-state index is 0.144. The number of hydrogen-bond donors (Lipinski definition) is 1. The number of ether oxygens (including phenoxy) is 2. The number of carbonyl (C=O) groups is 1. The average Bonchev–Trinajstić information content (AvgIpc) is 3.24. The molecule has 0 aliphatic rings. The lowest BCUT2D eigenvalue weighted by molar-refractivity contribution is -0.192. The summed E-state index contributed by atoms with van der Waals surface area (Å²) in [5, 5.41) is 13.3. The number of alkyl halides is 3. The maximum absolute atomic E-state index is 12.7. The van der Waals surface area contributed by atoms with Gasteiger partial charge in [-0.25, -0.2) is 4.79 Å². The SMILES string of the molecule is CO/N=C(\c1ccccc1)c1ccc2c(c1)sc(=O)n2CCOc1ccc(CC(OCC(F)(F)F)C(=O)O)cc1. The summed E-state index contributed by atoms with van der Waals surface area (Å²) in [5.74, 6) is -1.02. The molecule has 3 aromatic carbocycles. The summed E-state index contributed by atoms with van der Waals surface area (Å²) >= 11 is 1.11. The van der Waals surface area contributed by atoms with Crippen molar-refractivity contribution in [2.75, 3.05) is 20.3 Å². The van der Waals surface area contributed by atoms with E-state index in [1.807, 2.05) is 48.5 Å². The molecule has 0 fully saturated rings. The molecule has 1 N–H and O–H groups in total. The Morgan fingerprint density at radius 1 is 1.05 bits per heavy atom. The van der Waals surface area contributed by atoms with E-state index in [2.05, 4.69) is 9.89 Å². The van der Waals surface area contributed by atoms with E-state index in [4.69, 9.17) is 14.7 Å². The van der Waals surface area contributed by atoms with E-state index in [-0.39, 0.29) is 24.4 Å². The topological polar surface area (TPSA) is 99.4 Å². The van der Waals surface area contributed by atoms with Crippen molar-refractivity contribution >= 4 is 33.2 Å². The van der Waals surface area contributed by atoms with Gasteiger partial charge in [0.15, 0.2) is 6.10 Å². The van der Waals surface area contributed by atoms with Crippen molar-refractivity contribution in [3.8, 4) is 5.75 Å². The maximum Gasteiger partial charge on any atom is 0.411 e. The molecule has 0 aliphatic heterocycles. The van der Waals surface area contributed by atoms with Crippen molar-refractivity contribution in [2.24, 2.45) is 5.16 Å². The van der Waals surface area contributed by atoms with Gasteiger partial charge in [-0.2, -0.15) is 13.2 Å². The number of carboxylic acid groups (broad SMARTS) is 1. The Morgan fingerprint density at radius 3 is 2.42 bits per heavy atom. The highest BCUT2D eigenvalue weighted by atomic mass is 32.1. The van der Waals surface area contributed by atoms with Crippen LogP contribution < -0.4 is 9.61 Å². The Balaban J connectivity index is 1.40. The quantitative estimate of drug-likeness (QED) is 0.186. The molecule has 4 rings (SSSR count). The lowest BCUT2D eigenvalue weighted by Gasteiger charge is -2.15. The number of hydrogen-bond acceptors (Lipinski definition) is 7. The van der Waals surface area contributed by atoms with Gasteiger partial charge < -0.3 is 19.4 Å². The molecular formula is C28H25F3N2O6S. The molecule has 1 aromatic heterocycles. The highest BCUT2D eigenvalue weighted by Gasteiger charge is 2.31. The summed E-state index contributed by atoms with van der Waals surface area (Å²) in [7, 11) is 1.48. The minimum atomic E-state index is -4.62. The third kappa shape index (κ3) is 7.48. The molecule has 40 heavy (non-hydrogen) atoms. The zero-order valence-corrected chi connectivity index (χ0v) is 22.1. The Morgan fingerprint density at radius 2 is 1.77 bits per heavy atom. The molecule has 4 aromatic rings. The number of benzene rings is 3. The molecule has 0 radical (unpaired) electrons. The molecule has 0 spiro atoms. The lowest BCUT2D eigenvalue weighted by Crippen LogP contribution is -2.31. The number of halogens is 3. The number of rotatable bonds is 12. The first-order valence-electron chi connectivity index (χ1n) is 12.1. The number of nitrogens with zero attached hydrogens (tertiary/aromatic N) is 2. The molecule has 0 saturated carbocycles. The van der Waals surface area contributed by atoms with Crippen LogP contribution in [0.4, 0.5) is 13.2 Å². The maximum atomic E-state index is 12.7. The minimum Gasteiger partial charge on any atom is -0.492 e. The normalized spacial score (nSPS) is 12.8. The molecule has 210 valence electrons. The standard InChI is InChI=1S/C28H25F3N2O6S/c1-37-32-25(19-5-3-2-4-6-19)20-9-12-22-24(16-20)40-27(36)33(22)13-14-38-21-10-7-18(8-11-21)15-23(26(34)35)39-17-28(29,30)31/h2-12,16,23H,13-15,17H2,1H3,(H,34,35)/b32-25+. The molecule has 0 aliphatic carbocycles. The van der Waals surface area contributed by atoms with Crippen molar-refractivity contribution in [1.82, 2.24) is 4.57 Å². The summed E-state index contributed by atoms with van der Waals surface area (Å²) in [6.07, 6.45) is -6.48. The smallest absolute Gasteiger partial charge is 0.411 e. The Kier molecular flexibility index (Phi) is 9.22. The molecule has 1 unspecified atom stereocenters. The van der Waals surface area contributed by atoms with Crippen LogP contribution in [0.2, 0.25) is 0 Å². The molecule has 1 heterocycles. The van der Waals surface area contributed by atoms with E-state index in [1.54, 1.807) is 28.8 Å². The van der Waals surface area contributed by atoms with Crippen molar-refractivity contribution in [3.05, 3.63) is 99.2 Å². The van der Waals surface area contributed by atoms with E-state index in [9.17, 15) is 22.8 Å². The van der Waals surface area contributed by atoms with E-state index in [0.717, 1.165) is 32.7 Å². The summed E-state index contributed by atoms with van der Waals surface area (Å²) in [4.78, 5) is 28.9. The molecular weight excluding hydrogens is 549 g/mol. The predicted molar refractivity (Wildman–Crippen MR) is 144 cm³/mol. The third-order valence-corrected chi connectivity index (χ3v) is 6.77. The molecule has 12 heteroatoms. The van der Waals surface area contributed by atoms with Gasteiger partial charge >= 0.3 is 17.0 Å². The number of aliphatic carboxylic acids is 1. The van der Waals surface area contributed by atoms with Gasteiger partial charge in [-0.3, -0.25) is 9.36 Å². The van der Waals surface area contributed by atoms with Crippen LogP contribution >= 0.6 is 11.3 Å². The first-order chi connectivity index (χ1) is 19.1. The predicted octanol–water partition coefficient (Wildman–Crippen LogP) is 5.12. The average molecular weight is 575 g/mol. The van der Waals surface area contributed by atoms with Crippen molar-refractivity contribution < 1.29 is 37.4 Å². The first kappa shape index (κ1) is 28.8. The third-order valence-electron chi connectivity index (χ3n) is 5.82. The number of thiazole rings is 1. The van der Waals surface area contributed by atoms with E-state index in [0.29, 0.717) is 17.0 Å². The van der Waals surface area contributed by atoms with Crippen molar-refractivity contribution in [3.63, 3.8) is 0 Å². The van der Waals surface area contributed by atoms with Crippen LogP contribution in [0.3, 0.4) is 0 Å². The van der Waals surface area contributed by atoms with Gasteiger partial charge in [0.2, 0.25) is 0 Å². The highest BCUT2D eigenvalue weighted by Crippen LogP contribution is 2.22. The Bertz CT molecular complexity index is 1530. The van der Waals surface area contributed by atoms with Crippen LogP contribution in [0.5, 0.6) is 5.75 Å². The van der Waals surface area contributed by atoms with Gasteiger partial charge in [-0.15, -0.1) is 0 Å². The van der Waals surface area contributed by atoms with Gasteiger partial charge in [-0.1, -0.05) is 65.0 Å². The van der Waals surface area contributed by atoms with Crippen LogP contribution in [0.15, 0.2) is 82.7 Å². The fraction of sp³-hybridized carbons (Fsp3) is 0.250. The van der Waals surface area contributed by atoms with Gasteiger partial charge in [-0.05, 0) is 29.8 Å². The second-order valence-electron chi connectivity index (χ2n) is 8.64. The summed E-state index contributed by atoms with van der Waals surface area (Å²) in [6, 6.07) is 21.5. The highest BCUT2D eigenvalue weighted by molar-refractivity contribution is 7.16. The number of aromatic nitrogens is 1. The van der Waals surface area contributed by atoms with Gasteiger partial charge in [0.1, 0.15) is 31.8 Å². The van der Waals surface area contributed by atoms with Crippen molar-refractivity contribution in [1.29, 1.82) is 0 Å². The molecule has 8 nitrogen and oxygen atoms in total. The molecule has 0 saturated heterocycles. The second kappa shape index (κ2) is 12.8.